The number of benzene rings is 1. The van der Waals surface area contributed by atoms with E-state index in [0.717, 1.165) is 37.0 Å². The number of aromatic nitrogens is 2. The van der Waals surface area contributed by atoms with Crippen LogP contribution >= 0.6 is 0 Å². The predicted molar refractivity (Wildman–Crippen MR) is 106 cm³/mol. The van der Waals surface area contributed by atoms with E-state index in [1.807, 2.05) is 37.4 Å². The zero-order valence-corrected chi connectivity index (χ0v) is 15.7. The topological polar surface area (TPSA) is 41.5 Å². The summed E-state index contributed by atoms with van der Waals surface area (Å²) in [6.45, 7) is 9.30. The second kappa shape index (κ2) is 9.99. The van der Waals surface area contributed by atoms with Gasteiger partial charge in [0, 0.05) is 26.7 Å². The molecule has 0 aliphatic heterocycles. The van der Waals surface area contributed by atoms with Crippen molar-refractivity contribution < 1.29 is 4.74 Å². The number of hydrogen-bond donors (Lipinski definition) is 0. The fourth-order valence-corrected chi connectivity index (χ4v) is 2.57. The second-order valence-electron chi connectivity index (χ2n) is 6.37. The molecule has 0 amide bonds. The van der Waals surface area contributed by atoms with Crippen LogP contribution in [0.15, 0.2) is 36.9 Å². The van der Waals surface area contributed by atoms with Gasteiger partial charge in [0.15, 0.2) is 0 Å². The molecule has 1 heterocycles. The molecule has 0 atom stereocenters. The Hall–Kier alpha value is -2.14. The quantitative estimate of drug-likeness (QED) is 0.459. The molecule has 5 heteroatoms. The van der Waals surface area contributed by atoms with Gasteiger partial charge in [-0.25, -0.2) is 4.98 Å². The molecule has 2 aromatic rings. The molecule has 1 aromatic carbocycles. The largest absolute Gasteiger partial charge is 0.477 e. The molecule has 0 bridgehead atoms. The maximum absolute atomic E-state index is 5.97. The molecule has 0 saturated heterocycles. The van der Waals surface area contributed by atoms with Crippen molar-refractivity contribution in [1.29, 1.82) is 0 Å². The third-order valence-electron chi connectivity index (χ3n) is 4.14. The Labute approximate surface area is 151 Å². The van der Waals surface area contributed by atoms with Crippen molar-refractivity contribution in [2.24, 2.45) is 0 Å². The molecule has 0 radical (unpaired) electrons. The fraction of sp³-hybridized carbons (Fsp3) is 0.500. The number of hydrogen-bond acceptors (Lipinski definition) is 5. The molecule has 0 aliphatic carbocycles. The highest BCUT2D eigenvalue weighted by Crippen LogP contribution is 2.25. The monoisotopic (exact) mass is 342 g/mol. The van der Waals surface area contributed by atoms with Crippen LogP contribution in [0.5, 0.6) is 5.88 Å². The van der Waals surface area contributed by atoms with Crippen molar-refractivity contribution in [3.8, 4) is 5.88 Å². The van der Waals surface area contributed by atoms with Gasteiger partial charge in [-0.2, -0.15) is 4.98 Å². The molecule has 0 unspecified atom stereocenters. The minimum atomic E-state index is 0.683. The van der Waals surface area contributed by atoms with E-state index in [1.54, 1.807) is 0 Å². The first-order chi connectivity index (χ1) is 12.2. The van der Waals surface area contributed by atoms with Crippen molar-refractivity contribution >= 4 is 16.9 Å². The number of anilines is 1. The zero-order valence-electron chi connectivity index (χ0n) is 15.7. The third-order valence-corrected chi connectivity index (χ3v) is 4.14. The van der Waals surface area contributed by atoms with Gasteiger partial charge in [0.1, 0.15) is 0 Å². The van der Waals surface area contributed by atoms with Crippen molar-refractivity contribution in [2.45, 2.75) is 26.2 Å². The maximum atomic E-state index is 5.97. The molecule has 0 saturated carbocycles. The third kappa shape index (κ3) is 5.71. The number of unbranched alkanes of at least 4 members (excludes halogenated alkanes) is 2. The van der Waals surface area contributed by atoms with E-state index < -0.39 is 0 Å². The Morgan fingerprint density at radius 1 is 1.12 bits per heavy atom. The second-order valence-corrected chi connectivity index (χ2v) is 6.37. The standard InChI is InChI=1S/C20H30N4O/c1-5-7-10-16-25-19-17-11-8-9-12-18(17)21-20(22-19)24(4)15-14-23(3)13-6-2/h6,8-9,11-12H,2,5,7,10,13-16H2,1,3-4H3. The van der Waals surface area contributed by atoms with E-state index in [1.165, 1.54) is 12.8 Å². The van der Waals surface area contributed by atoms with E-state index in [-0.39, 0.29) is 0 Å². The fourth-order valence-electron chi connectivity index (χ4n) is 2.57. The van der Waals surface area contributed by atoms with Gasteiger partial charge in [-0.3, -0.25) is 0 Å². The molecule has 1 aromatic heterocycles. The van der Waals surface area contributed by atoms with Crippen LogP contribution in [-0.4, -0.2) is 55.2 Å². The summed E-state index contributed by atoms with van der Waals surface area (Å²) >= 11 is 0. The average molecular weight is 342 g/mol. The van der Waals surface area contributed by atoms with Gasteiger partial charge in [0.2, 0.25) is 11.8 Å². The lowest BCUT2D eigenvalue weighted by Crippen LogP contribution is -2.31. The highest BCUT2D eigenvalue weighted by molar-refractivity contribution is 5.84. The van der Waals surface area contributed by atoms with Crippen LogP contribution in [0.4, 0.5) is 5.95 Å². The molecule has 0 N–H and O–H groups in total. The predicted octanol–water partition coefficient (Wildman–Crippen LogP) is 3.75. The van der Waals surface area contributed by atoms with Crippen molar-refractivity contribution in [3.63, 3.8) is 0 Å². The van der Waals surface area contributed by atoms with E-state index >= 15 is 0 Å². The summed E-state index contributed by atoms with van der Waals surface area (Å²) in [5.74, 6) is 1.39. The van der Waals surface area contributed by atoms with Crippen LogP contribution in [0, 0.1) is 0 Å². The first kappa shape index (κ1) is 19.2. The minimum absolute atomic E-state index is 0.683. The molecule has 0 fully saturated rings. The molecular formula is C20H30N4O. The van der Waals surface area contributed by atoms with Crippen LogP contribution in [0.2, 0.25) is 0 Å². The minimum Gasteiger partial charge on any atom is -0.477 e. The van der Waals surface area contributed by atoms with Gasteiger partial charge in [-0.15, -0.1) is 6.58 Å². The van der Waals surface area contributed by atoms with E-state index in [2.05, 4.69) is 35.3 Å². The van der Waals surface area contributed by atoms with Crippen LogP contribution in [-0.2, 0) is 0 Å². The molecule has 0 aliphatic rings. The number of rotatable bonds is 11. The Morgan fingerprint density at radius 2 is 1.92 bits per heavy atom. The Kier molecular flexibility index (Phi) is 7.67. The Morgan fingerprint density at radius 3 is 2.68 bits per heavy atom. The smallest absolute Gasteiger partial charge is 0.229 e. The number of likely N-dealkylation sites (N-methyl/N-ethyl adjacent to an activating group) is 2. The number of fused-ring (bicyclic) bond motifs is 1. The number of para-hydroxylation sites is 1. The SMILES string of the molecule is C=CCN(C)CCN(C)c1nc(OCCCCC)c2ccccc2n1. The lowest BCUT2D eigenvalue weighted by atomic mass is 10.2. The van der Waals surface area contributed by atoms with Gasteiger partial charge >= 0.3 is 0 Å². The average Bonchev–Trinajstić information content (AvgIpc) is 2.63. The van der Waals surface area contributed by atoms with Gasteiger partial charge in [-0.1, -0.05) is 38.0 Å². The summed E-state index contributed by atoms with van der Waals surface area (Å²) in [5, 5.41) is 0.972. The van der Waals surface area contributed by atoms with Crippen molar-refractivity contribution in [2.75, 3.05) is 45.2 Å². The highest BCUT2D eigenvalue weighted by atomic mass is 16.5. The summed E-state index contributed by atoms with van der Waals surface area (Å²) < 4.78 is 5.97. The van der Waals surface area contributed by atoms with E-state index in [9.17, 15) is 0 Å². The molecule has 2 rings (SSSR count). The highest BCUT2D eigenvalue weighted by Gasteiger charge is 2.12. The summed E-state index contributed by atoms with van der Waals surface area (Å²) in [6, 6.07) is 8.03. The molecule has 136 valence electrons. The molecule has 25 heavy (non-hydrogen) atoms. The van der Waals surface area contributed by atoms with Crippen LogP contribution in [0.1, 0.15) is 26.2 Å². The van der Waals surface area contributed by atoms with E-state index in [0.29, 0.717) is 18.4 Å². The zero-order chi connectivity index (χ0) is 18.1. The van der Waals surface area contributed by atoms with Gasteiger partial charge < -0.3 is 14.5 Å². The molecule has 5 nitrogen and oxygen atoms in total. The summed E-state index contributed by atoms with van der Waals surface area (Å²) in [5.41, 5.74) is 0.921. The summed E-state index contributed by atoms with van der Waals surface area (Å²) in [7, 11) is 4.10. The number of nitrogens with zero attached hydrogens (tertiary/aromatic N) is 4. The van der Waals surface area contributed by atoms with Crippen LogP contribution in [0.3, 0.4) is 0 Å². The number of ether oxygens (including phenoxy) is 1. The van der Waals surface area contributed by atoms with Crippen LogP contribution in [0.25, 0.3) is 10.9 Å². The normalized spacial score (nSPS) is 11.0. The lowest BCUT2D eigenvalue weighted by molar-refractivity contribution is 0.298. The van der Waals surface area contributed by atoms with Gasteiger partial charge in [0.25, 0.3) is 0 Å². The van der Waals surface area contributed by atoms with Crippen molar-refractivity contribution in [3.05, 3.63) is 36.9 Å². The maximum Gasteiger partial charge on any atom is 0.229 e. The van der Waals surface area contributed by atoms with E-state index in [4.69, 9.17) is 9.72 Å². The van der Waals surface area contributed by atoms with Crippen LogP contribution < -0.4 is 9.64 Å². The van der Waals surface area contributed by atoms with Crippen molar-refractivity contribution in [1.82, 2.24) is 14.9 Å². The summed E-state index contributed by atoms with van der Waals surface area (Å²) in [4.78, 5) is 13.7. The first-order valence-corrected chi connectivity index (χ1v) is 9.05. The Bertz CT molecular complexity index is 674. The molecule has 0 spiro atoms. The van der Waals surface area contributed by atoms with Gasteiger partial charge in [-0.05, 0) is 25.6 Å². The molecular weight excluding hydrogens is 312 g/mol. The van der Waals surface area contributed by atoms with Gasteiger partial charge in [0.05, 0.1) is 17.5 Å². The first-order valence-electron chi connectivity index (χ1n) is 9.05. The lowest BCUT2D eigenvalue weighted by Gasteiger charge is -2.22. The summed E-state index contributed by atoms with van der Waals surface area (Å²) in [6.07, 6.45) is 5.31. The Balaban J connectivity index is 2.14.